The fraction of sp³-hybridized carbons (Fsp3) is 0.600. The van der Waals surface area contributed by atoms with Crippen LogP contribution in [0, 0.1) is 0 Å². The van der Waals surface area contributed by atoms with Crippen LogP contribution in [0.25, 0.3) is 0 Å². The molecule has 1 saturated heterocycles. The van der Waals surface area contributed by atoms with Crippen molar-refractivity contribution < 1.29 is 10.0 Å². The van der Waals surface area contributed by atoms with Gasteiger partial charge in [-0.2, -0.15) is 0 Å². The summed E-state index contributed by atoms with van der Waals surface area (Å²) in [7, 11) is -1.35. The van der Waals surface area contributed by atoms with E-state index < -0.39 is 7.12 Å². The molecule has 0 amide bonds. The van der Waals surface area contributed by atoms with E-state index in [9.17, 15) is 10.0 Å². The first kappa shape index (κ1) is 13.4. The van der Waals surface area contributed by atoms with Gasteiger partial charge in [0, 0.05) is 6.54 Å². The lowest BCUT2D eigenvalue weighted by Gasteiger charge is -2.29. The summed E-state index contributed by atoms with van der Waals surface area (Å²) in [4.78, 5) is 6.43. The number of thiocarbonyl (C=S) groups is 1. The number of likely N-dealkylation sites (tertiary alicyclic amines) is 1. The maximum atomic E-state index is 9.24. The zero-order valence-electron chi connectivity index (χ0n) is 9.25. The normalized spacial score (nSPS) is 21.6. The molecule has 0 aromatic heterocycles. The van der Waals surface area contributed by atoms with Crippen molar-refractivity contribution in [2.45, 2.75) is 31.2 Å². The summed E-state index contributed by atoms with van der Waals surface area (Å²) in [5, 5.41) is 18.5. The highest BCUT2D eigenvalue weighted by Gasteiger charge is 2.36. The van der Waals surface area contributed by atoms with Crippen molar-refractivity contribution in [3.63, 3.8) is 0 Å². The van der Waals surface area contributed by atoms with Gasteiger partial charge in [-0.25, -0.2) is 0 Å². The molecule has 0 bridgehead atoms. The smallest absolute Gasteiger partial charge is 0.426 e. The number of nitrogens with zero attached hydrogens (tertiary/aromatic N) is 2. The molecule has 0 aromatic rings. The Bertz CT molecular complexity index is 286. The van der Waals surface area contributed by atoms with Crippen LogP contribution in [0.5, 0.6) is 0 Å². The first-order valence-electron chi connectivity index (χ1n) is 5.35. The van der Waals surface area contributed by atoms with Gasteiger partial charge < -0.3 is 14.9 Å². The number of rotatable bonds is 5. The van der Waals surface area contributed by atoms with Crippen molar-refractivity contribution in [1.29, 1.82) is 0 Å². The SMILES string of the molecule is C=CC[C@H](N=C)C(=S)N1CCC[C@H]1B(O)O. The lowest BCUT2D eigenvalue weighted by molar-refractivity contribution is 0.333. The molecule has 0 radical (unpaired) electrons. The first-order chi connectivity index (χ1) is 7.61. The summed E-state index contributed by atoms with van der Waals surface area (Å²) in [6, 6.07) is -0.188. The van der Waals surface area contributed by atoms with Crippen molar-refractivity contribution in [2.75, 3.05) is 6.54 Å². The maximum Gasteiger partial charge on any atom is 0.475 e. The molecule has 0 saturated carbocycles. The Hall–Kier alpha value is -0.715. The Morgan fingerprint density at radius 2 is 2.38 bits per heavy atom. The van der Waals surface area contributed by atoms with Gasteiger partial charge in [-0.15, -0.1) is 6.58 Å². The maximum absolute atomic E-state index is 9.24. The van der Waals surface area contributed by atoms with Gasteiger partial charge in [0.2, 0.25) is 0 Å². The second-order valence-corrected chi connectivity index (χ2v) is 4.30. The summed E-state index contributed by atoms with van der Waals surface area (Å²) in [6.45, 7) is 7.91. The number of hydrogen-bond donors (Lipinski definition) is 2. The summed E-state index contributed by atoms with van der Waals surface area (Å²) in [6.07, 6.45) is 4.04. The molecule has 16 heavy (non-hydrogen) atoms. The molecular weight excluding hydrogens is 223 g/mol. The molecule has 2 N–H and O–H groups in total. The van der Waals surface area contributed by atoms with Crippen LogP contribution in [-0.4, -0.2) is 52.3 Å². The standard InChI is InChI=1S/C10H17BN2O2S/c1-3-5-8(12-2)10(16)13-7-4-6-9(13)11(14)15/h3,8-9,14-15H,1-2,4-7H2/t8-,9-/m0/s1. The minimum absolute atomic E-state index is 0.188. The molecule has 1 aliphatic heterocycles. The molecule has 1 aliphatic rings. The second kappa shape index (κ2) is 6.13. The Balaban J connectivity index is 2.71. The van der Waals surface area contributed by atoms with Gasteiger partial charge in [0.05, 0.1) is 5.94 Å². The average molecular weight is 240 g/mol. The van der Waals surface area contributed by atoms with Crippen LogP contribution in [0.1, 0.15) is 19.3 Å². The Labute approximate surface area is 102 Å². The lowest BCUT2D eigenvalue weighted by Crippen LogP contribution is -2.47. The van der Waals surface area contributed by atoms with E-state index in [0.717, 1.165) is 19.4 Å². The van der Waals surface area contributed by atoms with Gasteiger partial charge in [-0.3, -0.25) is 4.99 Å². The van der Waals surface area contributed by atoms with Gasteiger partial charge in [0.25, 0.3) is 0 Å². The van der Waals surface area contributed by atoms with E-state index in [0.29, 0.717) is 11.4 Å². The molecule has 1 heterocycles. The Kier molecular flexibility index (Phi) is 5.11. The molecule has 6 heteroatoms. The topological polar surface area (TPSA) is 56.1 Å². The molecule has 2 atom stereocenters. The highest BCUT2D eigenvalue weighted by atomic mass is 32.1. The first-order valence-corrected chi connectivity index (χ1v) is 5.76. The van der Waals surface area contributed by atoms with Crippen molar-refractivity contribution in [3.05, 3.63) is 12.7 Å². The molecule has 1 rings (SSSR count). The summed E-state index contributed by atoms with van der Waals surface area (Å²) >= 11 is 5.32. The van der Waals surface area contributed by atoms with E-state index in [4.69, 9.17) is 12.2 Å². The molecule has 0 aliphatic carbocycles. The van der Waals surface area contributed by atoms with Crippen LogP contribution >= 0.6 is 12.2 Å². The van der Waals surface area contributed by atoms with Crippen LogP contribution < -0.4 is 0 Å². The van der Waals surface area contributed by atoms with Gasteiger partial charge in [-0.1, -0.05) is 18.3 Å². The predicted molar refractivity (Wildman–Crippen MR) is 70.7 cm³/mol. The van der Waals surface area contributed by atoms with Gasteiger partial charge in [0.1, 0.15) is 11.0 Å². The van der Waals surface area contributed by atoms with Crippen molar-refractivity contribution in [1.82, 2.24) is 4.90 Å². The van der Waals surface area contributed by atoms with Crippen LogP contribution in [0.4, 0.5) is 0 Å². The van der Waals surface area contributed by atoms with Crippen LogP contribution in [0.15, 0.2) is 17.6 Å². The van der Waals surface area contributed by atoms with Crippen LogP contribution in [0.3, 0.4) is 0 Å². The van der Waals surface area contributed by atoms with Gasteiger partial charge in [-0.05, 0) is 26.0 Å². The fourth-order valence-corrected chi connectivity index (χ4v) is 2.38. The monoisotopic (exact) mass is 240 g/mol. The predicted octanol–water partition coefficient (Wildman–Crippen LogP) is 0.436. The third-order valence-electron chi connectivity index (χ3n) is 2.82. The molecule has 88 valence electrons. The molecule has 0 aromatic carbocycles. The van der Waals surface area contributed by atoms with Crippen LogP contribution in [0.2, 0.25) is 0 Å². The fourth-order valence-electron chi connectivity index (χ4n) is 1.98. The van der Waals surface area contributed by atoms with E-state index in [1.807, 2.05) is 4.90 Å². The molecule has 0 unspecified atom stereocenters. The highest BCUT2D eigenvalue weighted by molar-refractivity contribution is 7.80. The largest absolute Gasteiger partial charge is 0.475 e. The molecule has 4 nitrogen and oxygen atoms in total. The van der Waals surface area contributed by atoms with E-state index in [1.54, 1.807) is 6.08 Å². The van der Waals surface area contributed by atoms with Crippen molar-refractivity contribution in [2.24, 2.45) is 4.99 Å². The zero-order valence-corrected chi connectivity index (χ0v) is 10.1. The quantitative estimate of drug-likeness (QED) is 0.317. The molecule has 1 fully saturated rings. The third-order valence-corrected chi connectivity index (χ3v) is 3.33. The van der Waals surface area contributed by atoms with Crippen LogP contribution in [-0.2, 0) is 0 Å². The Morgan fingerprint density at radius 3 is 2.88 bits per heavy atom. The minimum atomic E-state index is -1.35. The van der Waals surface area contributed by atoms with Gasteiger partial charge in [0.15, 0.2) is 0 Å². The lowest BCUT2D eigenvalue weighted by atomic mass is 9.78. The zero-order chi connectivity index (χ0) is 12.1. The molecular formula is C10H17BN2O2S. The van der Waals surface area contributed by atoms with Gasteiger partial charge >= 0.3 is 7.12 Å². The van der Waals surface area contributed by atoms with E-state index in [1.165, 1.54) is 0 Å². The second-order valence-electron chi connectivity index (χ2n) is 3.88. The third kappa shape index (κ3) is 2.90. The summed E-state index contributed by atoms with van der Waals surface area (Å²) < 4.78 is 0. The average Bonchev–Trinajstić information content (AvgIpc) is 2.73. The van der Waals surface area contributed by atoms with E-state index in [-0.39, 0.29) is 12.0 Å². The van der Waals surface area contributed by atoms with Crippen molar-refractivity contribution >= 4 is 31.0 Å². The highest BCUT2D eigenvalue weighted by Crippen LogP contribution is 2.21. The minimum Gasteiger partial charge on any atom is -0.426 e. The number of aliphatic imine (C=N–C) groups is 1. The Morgan fingerprint density at radius 1 is 1.69 bits per heavy atom. The summed E-state index contributed by atoms with van der Waals surface area (Å²) in [5.74, 6) is -0.304. The number of hydrogen-bond acceptors (Lipinski definition) is 4. The summed E-state index contributed by atoms with van der Waals surface area (Å²) in [5.41, 5.74) is 0. The van der Waals surface area contributed by atoms with E-state index in [2.05, 4.69) is 18.3 Å². The van der Waals surface area contributed by atoms with E-state index >= 15 is 0 Å². The molecule has 0 spiro atoms. The van der Waals surface area contributed by atoms with Crippen molar-refractivity contribution in [3.8, 4) is 0 Å².